The largest absolute Gasteiger partial charge is 0.379 e. The number of nitrogens with zero attached hydrogens (tertiary/aromatic N) is 3. The van der Waals surface area contributed by atoms with Crippen LogP contribution in [0.3, 0.4) is 0 Å². The number of nitrogens with one attached hydrogen (secondary N) is 1. The van der Waals surface area contributed by atoms with Gasteiger partial charge in [0.25, 0.3) is 0 Å². The number of methoxy groups -OCH3 is 2. The van der Waals surface area contributed by atoms with Crippen molar-refractivity contribution in [2.24, 2.45) is 23.5 Å². The number of carbonyl (C=O) groups is 2. The fourth-order valence-corrected chi connectivity index (χ4v) is 7.55. The highest BCUT2D eigenvalue weighted by atomic mass is 32.1. The summed E-state index contributed by atoms with van der Waals surface area (Å²) in [5.41, 5.74) is 7.46. The third-order valence-electron chi connectivity index (χ3n) is 9.61. The van der Waals surface area contributed by atoms with Gasteiger partial charge in [-0.2, -0.15) is 0 Å². The van der Waals surface area contributed by atoms with E-state index in [9.17, 15) is 9.59 Å². The molecule has 0 bridgehead atoms. The second-order valence-corrected chi connectivity index (χ2v) is 14.3. The van der Waals surface area contributed by atoms with Gasteiger partial charge >= 0.3 is 0 Å². The van der Waals surface area contributed by atoms with E-state index in [1.807, 2.05) is 48.5 Å². The number of hydrogen-bond acceptors (Lipinski definition) is 8. The van der Waals surface area contributed by atoms with Crippen molar-refractivity contribution in [2.75, 3.05) is 27.8 Å². The van der Waals surface area contributed by atoms with Crippen molar-refractivity contribution in [3.8, 4) is 0 Å². The molecule has 0 saturated carbocycles. The van der Waals surface area contributed by atoms with E-state index < -0.39 is 12.1 Å². The summed E-state index contributed by atoms with van der Waals surface area (Å²) in [6.07, 6.45) is 4.50. The van der Waals surface area contributed by atoms with Crippen LogP contribution in [0.1, 0.15) is 76.9 Å². The molecule has 2 aromatic rings. The summed E-state index contributed by atoms with van der Waals surface area (Å²) < 4.78 is 12.1. The molecular weight excluding hydrogens is 619 g/mol. The zero-order valence-electron chi connectivity index (χ0n) is 28.8. The van der Waals surface area contributed by atoms with E-state index in [4.69, 9.17) is 27.4 Å². The molecule has 2 heterocycles. The third-order valence-corrected chi connectivity index (χ3v) is 11.0. The van der Waals surface area contributed by atoms with E-state index in [1.54, 1.807) is 37.5 Å². The molecule has 1 aliphatic heterocycles. The number of carbonyl (C=O) groups excluding carboxylic acids is 2. The number of rotatable bonds is 17. The maximum atomic E-state index is 14.0. The second kappa shape index (κ2) is 18.2. The first-order chi connectivity index (χ1) is 21.9. The number of benzene rings is 1. The van der Waals surface area contributed by atoms with Crippen molar-refractivity contribution < 1.29 is 19.1 Å². The van der Waals surface area contributed by atoms with Crippen LogP contribution in [0, 0.1) is 17.8 Å². The fraction of sp³-hybridized carbons (Fsp3) is 0.657. The molecule has 8 atom stereocenters. The standard InChI is InChI=1S/C35H55N5O4S2/c1-9-23(4)31(39(6)35(42)30(36)22(2)3)28(43-7)21-29(41)40-18-13-16-27(40)32(44-8)24(5)33(45)38-26(34-37-17-19-46-34)20-25-14-11-10-12-15-25/h10-12,14-15,17,19,22-24,26-28,30-32H,9,13,16,18,20-21,36H2,1-8H3,(H,38,45)/t23-,24+,26-,27-,28+,30-,31-,32+/m0/s1. The number of ether oxygens (including phenoxy) is 2. The molecule has 0 unspecified atom stereocenters. The van der Waals surface area contributed by atoms with Crippen molar-refractivity contribution in [1.82, 2.24) is 20.1 Å². The predicted molar refractivity (Wildman–Crippen MR) is 190 cm³/mol. The SMILES string of the molecule is CC[C@H](C)[C@@H]([C@@H](CC(=O)N1CCC[C@H]1[C@H](OC)[C@@H](C)C(=S)N[C@@H](Cc1ccccc1)c1nccs1)OC)N(C)C(=O)[C@@H](N)C(C)C. The third kappa shape index (κ3) is 9.56. The molecule has 3 rings (SSSR count). The van der Waals surface area contributed by atoms with Gasteiger partial charge in [-0.15, -0.1) is 11.3 Å². The van der Waals surface area contributed by atoms with Gasteiger partial charge in [0.05, 0.1) is 47.8 Å². The first-order valence-electron chi connectivity index (χ1n) is 16.6. The Labute approximate surface area is 285 Å². The molecule has 3 N–H and O–H groups in total. The van der Waals surface area contributed by atoms with E-state index in [-0.39, 0.29) is 60.2 Å². The molecule has 0 aliphatic carbocycles. The van der Waals surface area contributed by atoms with Gasteiger partial charge < -0.3 is 30.3 Å². The van der Waals surface area contributed by atoms with E-state index in [2.05, 4.69) is 43.2 Å². The highest BCUT2D eigenvalue weighted by molar-refractivity contribution is 7.80. The van der Waals surface area contributed by atoms with Gasteiger partial charge in [0.2, 0.25) is 11.8 Å². The van der Waals surface area contributed by atoms with Gasteiger partial charge in [-0.1, -0.05) is 83.6 Å². The quantitative estimate of drug-likeness (QED) is 0.219. The lowest BCUT2D eigenvalue weighted by atomic mass is 9.89. The number of thiocarbonyl (C=S) groups is 1. The summed E-state index contributed by atoms with van der Waals surface area (Å²) in [6.45, 7) is 10.8. The van der Waals surface area contributed by atoms with Crippen molar-refractivity contribution in [3.63, 3.8) is 0 Å². The van der Waals surface area contributed by atoms with Gasteiger partial charge in [-0.05, 0) is 36.7 Å². The van der Waals surface area contributed by atoms with E-state index in [0.29, 0.717) is 11.5 Å². The topological polar surface area (TPSA) is 110 Å². The first-order valence-corrected chi connectivity index (χ1v) is 17.8. The molecule has 1 saturated heterocycles. The Hall–Kier alpha value is -2.44. The second-order valence-electron chi connectivity index (χ2n) is 13.0. The molecular formula is C35H55N5O4S2. The minimum atomic E-state index is -0.614. The number of likely N-dealkylation sites (N-methyl/N-ethyl adjacent to an activating group) is 1. The molecule has 9 nitrogen and oxygen atoms in total. The van der Waals surface area contributed by atoms with Gasteiger partial charge in [0.15, 0.2) is 0 Å². The molecule has 256 valence electrons. The molecule has 1 aromatic heterocycles. The molecule has 1 fully saturated rings. The Morgan fingerprint density at radius 3 is 2.43 bits per heavy atom. The zero-order chi connectivity index (χ0) is 34.0. The smallest absolute Gasteiger partial charge is 0.239 e. The number of nitrogens with two attached hydrogens (primary N) is 1. The number of likely N-dealkylation sites (tertiary alicyclic amines) is 1. The van der Waals surface area contributed by atoms with Gasteiger partial charge in [-0.25, -0.2) is 4.98 Å². The summed E-state index contributed by atoms with van der Waals surface area (Å²) in [5.74, 6) is -0.175. The van der Waals surface area contributed by atoms with Crippen LogP contribution in [-0.4, -0.2) is 89.7 Å². The zero-order valence-corrected chi connectivity index (χ0v) is 30.5. The Balaban J connectivity index is 1.75. The first kappa shape index (κ1) is 38.0. The van der Waals surface area contributed by atoms with Crippen LogP contribution in [0.2, 0.25) is 0 Å². The monoisotopic (exact) mass is 673 g/mol. The van der Waals surface area contributed by atoms with Gasteiger partial charge in [-0.3, -0.25) is 9.59 Å². The molecule has 1 aromatic carbocycles. The summed E-state index contributed by atoms with van der Waals surface area (Å²) in [6, 6.07) is 9.21. The normalized spacial score (nSPS) is 19.6. The van der Waals surface area contributed by atoms with Crippen LogP contribution in [0.25, 0.3) is 0 Å². The molecule has 2 amide bonds. The Kier molecular flexibility index (Phi) is 15.0. The highest BCUT2D eigenvalue weighted by Crippen LogP contribution is 2.30. The lowest BCUT2D eigenvalue weighted by Crippen LogP contribution is -2.56. The van der Waals surface area contributed by atoms with Crippen molar-refractivity contribution >= 4 is 40.4 Å². The van der Waals surface area contributed by atoms with E-state index in [1.165, 1.54) is 5.56 Å². The number of hydrogen-bond donors (Lipinski definition) is 2. The highest BCUT2D eigenvalue weighted by Gasteiger charge is 2.42. The van der Waals surface area contributed by atoms with Crippen molar-refractivity contribution in [1.29, 1.82) is 0 Å². The summed E-state index contributed by atoms with van der Waals surface area (Å²) in [4.78, 5) is 36.2. The van der Waals surface area contributed by atoms with Crippen LogP contribution < -0.4 is 11.1 Å². The predicted octanol–water partition coefficient (Wildman–Crippen LogP) is 5.25. The average molecular weight is 674 g/mol. The van der Waals surface area contributed by atoms with Crippen molar-refractivity contribution in [3.05, 3.63) is 52.5 Å². The maximum absolute atomic E-state index is 14.0. The number of amides is 2. The molecule has 0 radical (unpaired) electrons. The average Bonchev–Trinajstić information content (AvgIpc) is 3.77. The van der Waals surface area contributed by atoms with Crippen LogP contribution in [0.15, 0.2) is 41.9 Å². The summed E-state index contributed by atoms with van der Waals surface area (Å²) in [7, 11) is 5.10. The fourth-order valence-electron chi connectivity index (χ4n) is 6.59. The minimum Gasteiger partial charge on any atom is -0.379 e. The van der Waals surface area contributed by atoms with Gasteiger partial charge in [0, 0.05) is 45.3 Å². The molecule has 46 heavy (non-hydrogen) atoms. The van der Waals surface area contributed by atoms with Crippen LogP contribution in [-0.2, 0) is 25.5 Å². The summed E-state index contributed by atoms with van der Waals surface area (Å²) >= 11 is 7.60. The molecule has 1 aliphatic rings. The number of aromatic nitrogens is 1. The van der Waals surface area contributed by atoms with E-state index >= 15 is 0 Å². The molecule has 11 heteroatoms. The number of thiazole rings is 1. The Morgan fingerprint density at radius 1 is 1.17 bits per heavy atom. The van der Waals surface area contributed by atoms with Gasteiger partial charge in [0.1, 0.15) is 5.01 Å². The van der Waals surface area contributed by atoms with Crippen LogP contribution in [0.5, 0.6) is 0 Å². The van der Waals surface area contributed by atoms with Crippen molar-refractivity contribution in [2.45, 2.75) is 103 Å². The van der Waals surface area contributed by atoms with Crippen LogP contribution >= 0.6 is 23.6 Å². The minimum absolute atomic E-state index is 0.00393. The maximum Gasteiger partial charge on any atom is 0.239 e. The summed E-state index contributed by atoms with van der Waals surface area (Å²) in [5, 5.41) is 6.55. The molecule has 0 spiro atoms. The lowest BCUT2D eigenvalue weighted by molar-refractivity contribution is -0.145. The van der Waals surface area contributed by atoms with E-state index in [0.717, 1.165) is 30.7 Å². The Morgan fingerprint density at radius 2 is 1.87 bits per heavy atom. The van der Waals surface area contributed by atoms with Crippen LogP contribution in [0.4, 0.5) is 0 Å². The Bertz CT molecular complexity index is 1230. The lowest BCUT2D eigenvalue weighted by Gasteiger charge is -2.40.